The standard InChI is InChI=1S/C26H38N2O3/c1-4-6-8-9-10-11-12-24(26(29)30)20(3)21-13-15-22(16-14-21)25-27-18-23(19-28-25)31-17-7-5-2/h13-16,18-20,24H,4-12,17H2,1-3H3,(H,29,30). The van der Waals surface area contributed by atoms with Gasteiger partial charge in [-0.2, -0.15) is 0 Å². The van der Waals surface area contributed by atoms with Gasteiger partial charge in [0.15, 0.2) is 11.6 Å². The lowest BCUT2D eigenvalue weighted by molar-refractivity contribution is -0.142. The Morgan fingerprint density at radius 3 is 2.16 bits per heavy atom. The maximum atomic E-state index is 11.9. The number of carboxylic acids is 1. The minimum atomic E-state index is -0.702. The zero-order chi connectivity index (χ0) is 22.5. The summed E-state index contributed by atoms with van der Waals surface area (Å²) >= 11 is 0. The lowest BCUT2D eigenvalue weighted by Crippen LogP contribution is -2.20. The normalized spacial score (nSPS) is 13.0. The first-order valence-electron chi connectivity index (χ1n) is 11.8. The highest BCUT2D eigenvalue weighted by atomic mass is 16.5. The predicted molar refractivity (Wildman–Crippen MR) is 125 cm³/mol. The van der Waals surface area contributed by atoms with Gasteiger partial charge in [0.1, 0.15) is 0 Å². The third-order valence-corrected chi connectivity index (χ3v) is 5.88. The van der Waals surface area contributed by atoms with Gasteiger partial charge in [-0.3, -0.25) is 4.79 Å². The van der Waals surface area contributed by atoms with Crippen molar-refractivity contribution in [2.45, 2.75) is 84.5 Å². The first-order valence-corrected chi connectivity index (χ1v) is 11.8. The van der Waals surface area contributed by atoms with Crippen LogP contribution in [0.5, 0.6) is 5.75 Å². The molecule has 2 atom stereocenters. The van der Waals surface area contributed by atoms with Gasteiger partial charge in [0.2, 0.25) is 0 Å². The molecule has 0 aliphatic rings. The molecule has 0 saturated carbocycles. The van der Waals surface area contributed by atoms with Crippen LogP contribution in [0.1, 0.15) is 90.0 Å². The lowest BCUT2D eigenvalue weighted by atomic mass is 9.83. The number of unbranched alkanes of at least 4 members (excludes halogenated alkanes) is 6. The maximum absolute atomic E-state index is 11.9. The number of hydrogen-bond donors (Lipinski definition) is 1. The fourth-order valence-electron chi connectivity index (χ4n) is 3.77. The van der Waals surface area contributed by atoms with Crippen molar-refractivity contribution in [3.05, 3.63) is 42.2 Å². The van der Waals surface area contributed by atoms with E-state index >= 15 is 0 Å². The van der Waals surface area contributed by atoms with Crippen LogP contribution in [0, 0.1) is 5.92 Å². The highest BCUT2D eigenvalue weighted by Gasteiger charge is 2.25. The Kier molecular flexibility index (Phi) is 11.0. The second-order valence-electron chi connectivity index (χ2n) is 8.36. The molecule has 31 heavy (non-hydrogen) atoms. The lowest BCUT2D eigenvalue weighted by Gasteiger charge is -2.21. The number of hydrogen-bond acceptors (Lipinski definition) is 4. The molecule has 0 spiro atoms. The molecule has 1 N–H and O–H groups in total. The minimum Gasteiger partial charge on any atom is -0.490 e. The summed E-state index contributed by atoms with van der Waals surface area (Å²) in [7, 11) is 0. The van der Waals surface area contributed by atoms with E-state index in [-0.39, 0.29) is 11.8 Å². The van der Waals surface area contributed by atoms with Crippen LogP contribution >= 0.6 is 0 Å². The van der Waals surface area contributed by atoms with Gasteiger partial charge >= 0.3 is 5.97 Å². The molecule has 2 aromatic rings. The predicted octanol–water partition coefficient (Wildman–Crippen LogP) is 6.88. The van der Waals surface area contributed by atoms with Gasteiger partial charge in [-0.25, -0.2) is 9.97 Å². The zero-order valence-electron chi connectivity index (χ0n) is 19.3. The molecule has 0 amide bonds. The molecule has 5 heteroatoms. The van der Waals surface area contributed by atoms with Gasteiger partial charge in [-0.05, 0) is 24.3 Å². The largest absolute Gasteiger partial charge is 0.490 e. The van der Waals surface area contributed by atoms with Crippen LogP contribution < -0.4 is 4.74 Å². The van der Waals surface area contributed by atoms with Crippen LogP contribution in [0.15, 0.2) is 36.7 Å². The molecule has 1 aromatic heterocycles. The Hall–Kier alpha value is -2.43. The number of ether oxygens (including phenoxy) is 1. The Morgan fingerprint density at radius 1 is 0.935 bits per heavy atom. The van der Waals surface area contributed by atoms with E-state index in [1.54, 1.807) is 12.4 Å². The summed E-state index contributed by atoms with van der Waals surface area (Å²) in [5, 5.41) is 9.75. The van der Waals surface area contributed by atoms with E-state index in [0.29, 0.717) is 18.2 Å². The van der Waals surface area contributed by atoms with Gasteiger partial charge in [0.25, 0.3) is 0 Å². The average Bonchev–Trinajstić information content (AvgIpc) is 2.79. The van der Waals surface area contributed by atoms with E-state index in [9.17, 15) is 9.90 Å². The topological polar surface area (TPSA) is 72.3 Å². The first-order chi connectivity index (χ1) is 15.1. The number of nitrogens with zero attached hydrogens (tertiary/aromatic N) is 2. The summed E-state index contributed by atoms with van der Waals surface area (Å²) in [6, 6.07) is 7.96. The van der Waals surface area contributed by atoms with Crippen LogP contribution in [0.25, 0.3) is 11.4 Å². The maximum Gasteiger partial charge on any atom is 0.307 e. The molecule has 1 heterocycles. The fraction of sp³-hybridized carbons (Fsp3) is 0.577. The Bertz CT molecular complexity index is 759. The number of aromatic nitrogens is 2. The first kappa shape index (κ1) is 24.8. The highest BCUT2D eigenvalue weighted by molar-refractivity contribution is 5.71. The number of rotatable bonds is 15. The number of carboxylic acid groups (broad SMARTS) is 1. The molecule has 0 aliphatic heterocycles. The van der Waals surface area contributed by atoms with Crippen LogP contribution in [-0.4, -0.2) is 27.7 Å². The van der Waals surface area contributed by atoms with Gasteiger partial charge in [-0.15, -0.1) is 0 Å². The van der Waals surface area contributed by atoms with E-state index in [1.165, 1.54) is 25.7 Å². The molecule has 1 aromatic carbocycles. The summed E-state index contributed by atoms with van der Waals surface area (Å²) in [4.78, 5) is 20.7. The van der Waals surface area contributed by atoms with E-state index in [4.69, 9.17) is 4.74 Å². The zero-order valence-corrected chi connectivity index (χ0v) is 19.3. The van der Waals surface area contributed by atoms with Crippen LogP contribution in [0.2, 0.25) is 0 Å². The minimum absolute atomic E-state index is 0.0301. The monoisotopic (exact) mass is 426 g/mol. The van der Waals surface area contributed by atoms with Crippen molar-refractivity contribution < 1.29 is 14.6 Å². The van der Waals surface area contributed by atoms with Crippen molar-refractivity contribution in [1.29, 1.82) is 0 Å². The summed E-state index contributed by atoms with van der Waals surface area (Å²) in [6.07, 6.45) is 13.3. The van der Waals surface area contributed by atoms with Crippen molar-refractivity contribution in [1.82, 2.24) is 9.97 Å². The fourth-order valence-corrected chi connectivity index (χ4v) is 3.77. The molecule has 0 saturated heterocycles. The molecule has 2 rings (SSSR count). The summed E-state index contributed by atoms with van der Waals surface area (Å²) in [5.74, 6) is 0.239. The number of carbonyl (C=O) groups is 1. The van der Waals surface area contributed by atoms with Crippen molar-refractivity contribution in [3.8, 4) is 17.1 Å². The molecule has 170 valence electrons. The van der Waals surface area contributed by atoms with Crippen molar-refractivity contribution in [2.75, 3.05) is 6.61 Å². The molecule has 0 bridgehead atoms. The molecule has 2 unspecified atom stereocenters. The average molecular weight is 427 g/mol. The van der Waals surface area contributed by atoms with Crippen LogP contribution in [0.3, 0.4) is 0 Å². The van der Waals surface area contributed by atoms with Crippen LogP contribution in [0.4, 0.5) is 0 Å². The SMILES string of the molecule is CCCCCCCCC(C(=O)O)C(C)c1ccc(-c2ncc(OCCCC)cn2)cc1. The van der Waals surface area contributed by atoms with Crippen LogP contribution in [-0.2, 0) is 4.79 Å². The summed E-state index contributed by atoms with van der Waals surface area (Å²) < 4.78 is 5.62. The second-order valence-corrected chi connectivity index (χ2v) is 8.36. The third-order valence-electron chi connectivity index (χ3n) is 5.88. The van der Waals surface area contributed by atoms with Crippen molar-refractivity contribution in [3.63, 3.8) is 0 Å². The van der Waals surface area contributed by atoms with Gasteiger partial charge in [0.05, 0.1) is 24.9 Å². The van der Waals surface area contributed by atoms with Gasteiger partial charge in [-0.1, -0.05) is 90.0 Å². The van der Waals surface area contributed by atoms with E-state index in [0.717, 1.165) is 43.2 Å². The molecule has 5 nitrogen and oxygen atoms in total. The van der Waals surface area contributed by atoms with E-state index in [1.807, 2.05) is 31.2 Å². The highest BCUT2D eigenvalue weighted by Crippen LogP contribution is 2.30. The van der Waals surface area contributed by atoms with Crippen molar-refractivity contribution >= 4 is 5.97 Å². The molecular weight excluding hydrogens is 388 g/mol. The number of benzene rings is 1. The van der Waals surface area contributed by atoms with Gasteiger partial charge < -0.3 is 9.84 Å². The quantitative estimate of drug-likeness (QED) is 0.314. The third kappa shape index (κ3) is 8.31. The van der Waals surface area contributed by atoms with E-state index < -0.39 is 5.97 Å². The smallest absolute Gasteiger partial charge is 0.307 e. The summed E-state index contributed by atoms with van der Waals surface area (Å²) in [5.41, 5.74) is 1.96. The van der Waals surface area contributed by atoms with E-state index in [2.05, 4.69) is 23.8 Å². The second kappa shape index (κ2) is 13.8. The Balaban J connectivity index is 1.94. The molecule has 0 aliphatic carbocycles. The Morgan fingerprint density at radius 2 is 1.55 bits per heavy atom. The summed E-state index contributed by atoms with van der Waals surface area (Å²) in [6.45, 7) is 7.03. The Labute approximate surface area is 187 Å². The molecular formula is C26H38N2O3. The number of aliphatic carboxylic acids is 1. The molecule has 0 fully saturated rings. The van der Waals surface area contributed by atoms with Gasteiger partial charge in [0, 0.05) is 5.56 Å². The molecule has 0 radical (unpaired) electrons. The van der Waals surface area contributed by atoms with Crippen molar-refractivity contribution in [2.24, 2.45) is 5.92 Å².